The third-order valence-corrected chi connectivity index (χ3v) is 2.63. The first-order valence-corrected chi connectivity index (χ1v) is 6.47. The Kier molecular flexibility index (Phi) is 6.53. The molecule has 0 aliphatic carbocycles. The molecule has 1 aromatic carbocycles. The minimum absolute atomic E-state index is 0.148. The normalized spacial score (nSPS) is 12.3. The zero-order chi connectivity index (χ0) is 14.3. The summed E-state index contributed by atoms with van der Waals surface area (Å²) in [6.07, 6.45) is 0.741. The van der Waals surface area contributed by atoms with Crippen molar-refractivity contribution in [2.75, 3.05) is 13.2 Å². The van der Waals surface area contributed by atoms with Crippen molar-refractivity contribution in [3.8, 4) is 11.5 Å². The van der Waals surface area contributed by atoms with Crippen LogP contribution in [0.4, 0.5) is 13.2 Å². The third-order valence-electron chi connectivity index (χ3n) is 2.63. The van der Waals surface area contributed by atoms with E-state index in [1.54, 1.807) is 6.92 Å². The predicted octanol–water partition coefficient (Wildman–Crippen LogP) is 4.27. The molecule has 0 radical (unpaired) electrons. The van der Waals surface area contributed by atoms with Crippen molar-refractivity contribution in [1.82, 2.24) is 0 Å². The topological polar surface area (TPSA) is 18.5 Å². The zero-order valence-electron chi connectivity index (χ0n) is 11.2. The average Bonchev–Trinajstić information content (AvgIpc) is 2.42. The summed E-state index contributed by atoms with van der Waals surface area (Å²) in [5, 5.41) is 0. The van der Waals surface area contributed by atoms with Gasteiger partial charge in [0.15, 0.2) is 11.5 Å². The molecule has 1 unspecified atom stereocenters. The van der Waals surface area contributed by atoms with Crippen molar-refractivity contribution in [3.63, 3.8) is 0 Å². The maximum absolute atomic E-state index is 13.6. The summed E-state index contributed by atoms with van der Waals surface area (Å²) in [6.45, 7) is 3.66. The lowest BCUT2D eigenvalue weighted by molar-refractivity contribution is 0.184. The summed E-state index contributed by atoms with van der Waals surface area (Å²) < 4.78 is 50.2. The van der Waals surface area contributed by atoms with Crippen LogP contribution in [-0.2, 0) is 0 Å². The average molecular weight is 276 g/mol. The molecule has 0 heterocycles. The lowest BCUT2D eigenvalue weighted by Gasteiger charge is -2.12. The molecule has 0 saturated heterocycles. The van der Waals surface area contributed by atoms with Crippen molar-refractivity contribution in [1.29, 1.82) is 0 Å². The molecule has 0 aliphatic rings. The summed E-state index contributed by atoms with van der Waals surface area (Å²) in [5.74, 6) is -2.68. The van der Waals surface area contributed by atoms with Crippen LogP contribution in [0, 0.1) is 11.6 Å². The van der Waals surface area contributed by atoms with E-state index in [-0.39, 0.29) is 24.5 Å². The molecule has 1 atom stereocenters. The molecular weight excluding hydrogens is 257 g/mol. The highest BCUT2D eigenvalue weighted by molar-refractivity contribution is 5.35. The van der Waals surface area contributed by atoms with E-state index >= 15 is 0 Å². The minimum atomic E-state index is -1.19. The van der Waals surface area contributed by atoms with Gasteiger partial charge in [0.25, 0.3) is 0 Å². The van der Waals surface area contributed by atoms with Crippen LogP contribution in [0.1, 0.15) is 33.1 Å². The first-order valence-electron chi connectivity index (χ1n) is 6.47. The van der Waals surface area contributed by atoms with Crippen molar-refractivity contribution < 1.29 is 22.6 Å². The van der Waals surface area contributed by atoms with E-state index in [0.29, 0.717) is 6.61 Å². The second-order valence-electron chi connectivity index (χ2n) is 4.21. The highest BCUT2D eigenvalue weighted by atomic mass is 19.2. The van der Waals surface area contributed by atoms with Gasteiger partial charge < -0.3 is 9.47 Å². The van der Waals surface area contributed by atoms with Crippen LogP contribution in [0.2, 0.25) is 0 Å². The second-order valence-corrected chi connectivity index (χ2v) is 4.21. The van der Waals surface area contributed by atoms with Gasteiger partial charge in [0.2, 0.25) is 11.6 Å². The van der Waals surface area contributed by atoms with Gasteiger partial charge in [-0.15, -0.1) is 0 Å². The molecule has 19 heavy (non-hydrogen) atoms. The molecule has 1 rings (SSSR count). The summed E-state index contributed by atoms with van der Waals surface area (Å²) in [6, 6.07) is 2.55. The number of ether oxygens (including phenoxy) is 2. The van der Waals surface area contributed by atoms with Crippen LogP contribution in [-0.4, -0.2) is 19.4 Å². The van der Waals surface area contributed by atoms with E-state index in [4.69, 9.17) is 9.47 Å². The number of alkyl halides is 1. The van der Waals surface area contributed by atoms with Crippen LogP contribution in [0.15, 0.2) is 12.1 Å². The van der Waals surface area contributed by atoms with Gasteiger partial charge in [-0.3, -0.25) is 0 Å². The molecule has 0 aliphatic heterocycles. The van der Waals surface area contributed by atoms with E-state index in [1.807, 2.05) is 6.92 Å². The first kappa shape index (κ1) is 15.7. The summed E-state index contributed by atoms with van der Waals surface area (Å²) >= 11 is 0. The zero-order valence-corrected chi connectivity index (χ0v) is 11.2. The van der Waals surface area contributed by atoms with Gasteiger partial charge in [-0.2, -0.15) is 8.78 Å². The lowest BCUT2D eigenvalue weighted by atomic mass is 10.3. The predicted molar refractivity (Wildman–Crippen MR) is 67.4 cm³/mol. The monoisotopic (exact) mass is 276 g/mol. The Morgan fingerprint density at radius 1 is 1.05 bits per heavy atom. The van der Waals surface area contributed by atoms with Gasteiger partial charge in [-0.25, -0.2) is 4.39 Å². The van der Waals surface area contributed by atoms with Crippen LogP contribution in [0.5, 0.6) is 11.5 Å². The van der Waals surface area contributed by atoms with E-state index in [0.717, 1.165) is 12.8 Å². The van der Waals surface area contributed by atoms with Gasteiger partial charge in [-0.1, -0.05) is 20.3 Å². The van der Waals surface area contributed by atoms with Gasteiger partial charge in [-0.05, 0) is 25.0 Å². The fraction of sp³-hybridized carbons (Fsp3) is 0.571. The van der Waals surface area contributed by atoms with Crippen molar-refractivity contribution in [3.05, 3.63) is 23.8 Å². The van der Waals surface area contributed by atoms with Crippen LogP contribution >= 0.6 is 0 Å². The molecule has 108 valence electrons. The number of hydrogen-bond donors (Lipinski definition) is 0. The minimum Gasteiger partial charge on any atom is -0.490 e. The third kappa shape index (κ3) is 4.65. The van der Waals surface area contributed by atoms with E-state index in [1.165, 1.54) is 12.1 Å². The number of unbranched alkanes of at least 4 members (excludes halogenated alkanes) is 1. The van der Waals surface area contributed by atoms with Crippen molar-refractivity contribution >= 4 is 0 Å². The molecule has 0 bridgehead atoms. The first-order chi connectivity index (χ1) is 9.10. The number of hydrogen-bond acceptors (Lipinski definition) is 2. The molecule has 0 N–H and O–H groups in total. The second kappa shape index (κ2) is 7.92. The maximum atomic E-state index is 13.6. The standard InChI is InChI=1S/C14H19F3O2/c1-3-5-8-18-11-6-7-12(14(17)13(11)16)19-9-10(15)4-2/h6-7,10H,3-5,8-9H2,1-2H3. The largest absolute Gasteiger partial charge is 0.490 e. The number of rotatable bonds is 8. The lowest BCUT2D eigenvalue weighted by Crippen LogP contribution is -2.12. The van der Waals surface area contributed by atoms with Crippen LogP contribution in [0.25, 0.3) is 0 Å². The van der Waals surface area contributed by atoms with E-state index in [2.05, 4.69) is 0 Å². The molecule has 1 aromatic rings. The fourth-order valence-electron chi connectivity index (χ4n) is 1.36. The molecule has 0 aromatic heterocycles. The van der Waals surface area contributed by atoms with E-state index < -0.39 is 17.8 Å². The summed E-state index contributed by atoms with van der Waals surface area (Å²) in [4.78, 5) is 0. The Balaban J connectivity index is 2.68. The molecule has 2 nitrogen and oxygen atoms in total. The Labute approximate surface area is 111 Å². The van der Waals surface area contributed by atoms with Gasteiger partial charge >= 0.3 is 0 Å². The molecule has 0 amide bonds. The maximum Gasteiger partial charge on any atom is 0.204 e. The smallest absolute Gasteiger partial charge is 0.204 e. The highest BCUT2D eigenvalue weighted by Crippen LogP contribution is 2.28. The van der Waals surface area contributed by atoms with Crippen molar-refractivity contribution in [2.45, 2.75) is 39.3 Å². The Morgan fingerprint density at radius 2 is 1.63 bits per heavy atom. The molecule has 5 heteroatoms. The molecule has 0 saturated carbocycles. The molecule has 0 spiro atoms. The molecule has 0 fully saturated rings. The highest BCUT2D eigenvalue weighted by Gasteiger charge is 2.16. The summed E-state index contributed by atoms with van der Waals surface area (Å²) in [7, 11) is 0. The number of halogens is 3. The van der Waals surface area contributed by atoms with Gasteiger partial charge in [0.1, 0.15) is 12.8 Å². The van der Waals surface area contributed by atoms with Crippen LogP contribution < -0.4 is 9.47 Å². The van der Waals surface area contributed by atoms with E-state index in [9.17, 15) is 13.2 Å². The Bertz CT molecular complexity index is 397. The Hall–Kier alpha value is -1.39. The van der Waals surface area contributed by atoms with Crippen LogP contribution in [0.3, 0.4) is 0 Å². The summed E-state index contributed by atoms with van der Waals surface area (Å²) in [5.41, 5.74) is 0. The quantitative estimate of drug-likeness (QED) is 0.660. The SMILES string of the molecule is CCCCOc1ccc(OCC(F)CC)c(F)c1F. The number of benzene rings is 1. The van der Waals surface area contributed by atoms with Gasteiger partial charge in [0.05, 0.1) is 6.61 Å². The Morgan fingerprint density at radius 3 is 2.16 bits per heavy atom. The van der Waals surface area contributed by atoms with Crippen molar-refractivity contribution in [2.24, 2.45) is 0 Å². The molecular formula is C14H19F3O2. The fourth-order valence-corrected chi connectivity index (χ4v) is 1.36. The van der Waals surface area contributed by atoms with Gasteiger partial charge in [0, 0.05) is 0 Å².